The van der Waals surface area contributed by atoms with Crippen LogP contribution in [0.3, 0.4) is 0 Å². The van der Waals surface area contributed by atoms with Gasteiger partial charge >= 0.3 is 11.9 Å². The van der Waals surface area contributed by atoms with Crippen molar-refractivity contribution in [1.82, 2.24) is 14.8 Å². The maximum Gasteiger partial charge on any atom is 0.414 e. The summed E-state index contributed by atoms with van der Waals surface area (Å²) in [6.45, 7) is 0. The largest absolute Gasteiger partial charge is 0.473 e. The molecule has 3 N–H and O–H groups in total. The molecule has 1 aromatic heterocycles. The molecule has 0 aliphatic carbocycles. The van der Waals surface area contributed by atoms with Crippen LogP contribution in [0, 0.1) is 0 Å². The highest BCUT2D eigenvalue weighted by molar-refractivity contribution is 7.99. The normalized spacial score (nSPS) is 10.9. The van der Waals surface area contributed by atoms with E-state index in [1.54, 1.807) is 47.3 Å². The molecule has 0 radical (unpaired) electrons. The van der Waals surface area contributed by atoms with Gasteiger partial charge < -0.3 is 14.8 Å². The van der Waals surface area contributed by atoms with Crippen LogP contribution >= 0.6 is 23.4 Å². The van der Waals surface area contributed by atoms with Gasteiger partial charge in [-0.05, 0) is 52.9 Å². The van der Waals surface area contributed by atoms with Gasteiger partial charge in [0.1, 0.15) is 6.33 Å². The Kier molecular flexibility index (Phi) is 7.76. The lowest BCUT2D eigenvalue weighted by Gasteiger charge is -2.13. The second-order valence-corrected chi connectivity index (χ2v) is 9.82. The van der Waals surface area contributed by atoms with E-state index in [0.29, 0.717) is 20.8 Å². The van der Waals surface area contributed by atoms with Crippen molar-refractivity contribution in [3.8, 4) is 0 Å². The van der Waals surface area contributed by atoms with Crippen LogP contribution in [-0.4, -0.2) is 45.3 Å². The van der Waals surface area contributed by atoms with Crippen molar-refractivity contribution >= 4 is 61.8 Å². The van der Waals surface area contributed by atoms with E-state index in [0.717, 1.165) is 10.8 Å². The zero-order valence-electron chi connectivity index (χ0n) is 17.4. The monoisotopic (exact) mass is 520 g/mol. The first-order chi connectivity index (χ1) is 16.1. The number of hydrogen-bond donors (Lipinski definition) is 3. The molecule has 0 amide bonds. The number of benzene rings is 3. The molecule has 0 atom stereocenters. The number of carbonyl (C=O) groups is 2. The van der Waals surface area contributed by atoms with E-state index < -0.39 is 22.0 Å². The van der Waals surface area contributed by atoms with E-state index in [2.05, 4.69) is 14.9 Å². The molecule has 0 bridgehead atoms. The van der Waals surface area contributed by atoms with Gasteiger partial charge in [-0.25, -0.2) is 18.0 Å². The minimum atomic E-state index is -3.80. The summed E-state index contributed by atoms with van der Waals surface area (Å²) in [7, 11) is -1.98. The predicted molar refractivity (Wildman–Crippen MR) is 127 cm³/mol. The summed E-state index contributed by atoms with van der Waals surface area (Å²) < 4.78 is 30.4. The van der Waals surface area contributed by atoms with E-state index in [4.69, 9.17) is 31.4 Å². The number of nitrogens with zero attached hydrogens (tertiary/aromatic N) is 3. The molecular formula is C21H17ClN4O6S2. The number of carboxylic acid groups (broad SMARTS) is 2. The Morgan fingerprint density at radius 1 is 1.00 bits per heavy atom. The summed E-state index contributed by atoms with van der Waals surface area (Å²) >= 11 is 7.40. The van der Waals surface area contributed by atoms with Gasteiger partial charge in [0, 0.05) is 17.0 Å². The lowest BCUT2D eigenvalue weighted by molar-refractivity contribution is -0.159. The summed E-state index contributed by atoms with van der Waals surface area (Å²) in [5.41, 5.74) is 0.383. The lowest BCUT2D eigenvalue weighted by atomic mass is 10.1. The lowest BCUT2D eigenvalue weighted by Crippen LogP contribution is -2.13. The number of anilines is 1. The molecule has 1 heterocycles. The van der Waals surface area contributed by atoms with Crippen LogP contribution < -0.4 is 4.72 Å². The van der Waals surface area contributed by atoms with Gasteiger partial charge in [-0.1, -0.05) is 41.9 Å². The van der Waals surface area contributed by atoms with Crippen molar-refractivity contribution in [3.63, 3.8) is 0 Å². The topological polar surface area (TPSA) is 151 Å². The molecule has 176 valence electrons. The number of nitrogens with one attached hydrogen (secondary N) is 1. The number of aliphatic carboxylic acids is 2. The van der Waals surface area contributed by atoms with Crippen LogP contribution in [0.15, 0.2) is 81.9 Å². The van der Waals surface area contributed by atoms with E-state index in [-0.39, 0.29) is 4.90 Å². The second-order valence-electron chi connectivity index (χ2n) is 6.69. The number of sulfonamides is 1. The van der Waals surface area contributed by atoms with E-state index >= 15 is 0 Å². The Balaban J connectivity index is 0.000000481. The second kappa shape index (κ2) is 10.5. The molecule has 4 rings (SSSR count). The van der Waals surface area contributed by atoms with Crippen LogP contribution in [-0.2, 0) is 26.7 Å². The van der Waals surface area contributed by atoms with Gasteiger partial charge in [-0.2, -0.15) is 0 Å². The van der Waals surface area contributed by atoms with Gasteiger partial charge in [0.2, 0.25) is 0 Å². The smallest absolute Gasteiger partial charge is 0.414 e. The number of aryl methyl sites for hydroxylation is 1. The third-order valence-electron chi connectivity index (χ3n) is 4.27. The quantitative estimate of drug-likeness (QED) is 0.334. The molecule has 0 aliphatic heterocycles. The summed E-state index contributed by atoms with van der Waals surface area (Å²) in [5.74, 6) is -3.65. The molecule has 0 fully saturated rings. The zero-order valence-corrected chi connectivity index (χ0v) is 19.8. The fourth-order valence-corrected chi connectivity index (χ4v) is 4.85. The molecule has 10 nitrogen and oxygen atoms in total. The Bertz CT molecular complexity index is 1460. The van der Waals surface area contributed by atoms with E-state index in [1.165, 1.54) is 11.8 Å². The van der Waals surface area contributed by atoms with E-state index in [1.807, 2.05) is 31.3 Å². The van der Waals surface area contributed by atoms with Crippen LogP contribution in [0.2, 0.25) is 5.02 Å². The number of aromatic nitrogens is 3. The third-order valence-corrected chi connectivity index (χ3v) is 7.00. The van der Waals surface area contributed by atoms with Gasteiger partial charge in [-0.3, -0.25) is 4.72 Å². The number of rotatable bonds is 5. The van der Waals surface area contributed by atoms with Gasteiger partial charge in [0.25, 0.3) is 10.0 Å². The van der Waals surface area contributed by atoms with Gasteiger partial charge in [0.05, 0.1) is 10.6 Å². The molecule has 13 heteroatoms. The van der Waals surface area contributed by atoms with Crippen molar-refractivity contribution in [2.24, 2.45) is 7.05 Å². The molecule has 0 spiro atoms. The average molecular weight is 521 g/mol. The first-order valence-electron chi connectivity index (χ1n) is 9.36. The fourth-order valence-electron chi connectivity index (χ4n) is 2.67. The van der Waals surface area contributed by atoms with Crippen molar-refractivity contribution in [3.05, 3.63) is 72.0 Å². The Labute approximate surface area is 203 Å². The maximum atomic E-state index is 13.0. The minimum Gasteiger partial charge on any atom is -0.473 e. The van der Waals surface area contributed by atoms with Crippen molar-refractivity contribution in [2.45, 2.75) is 14.9 Å². The summed E-state index contributed by atoms with van der Waals surface area (Å²) in [4.78, 5) is 19.1. The summed E-state index contributed by atoms with van der Waals surface area (Å²) in [6.07, 6.45) is 1.58. The highest BCUT2D eigenvalue weighted by Gasteiger charge is 2.18. The number of fused-ring (bicyclic) bond motifs is 1. The first kappa shape index (κ1) is 25.0. The summed E-state index contributed by atoms with van der Waals surface area (Å²) in [6, 6.07) is 17.7. The van der Waals surface area contributed by atoms with Crippen LogP contribution in [0.25, 0.3) is 10.8 Å². The summed E-state index contributed by atoms with van der Waals surface area (Å²) in [5, 5.41) is 25.5. The molecular weight excluding hydrogens is 504 g/mol. The Morgan fingerprint density at radius 3 is 2.29 bits per heavy atom. The molecule has 0 aliphatic rings. The number of carboxylic acids is 2. The van der Waals surface area contributed by atoms with Gasteiger partial charge in [-0.15, -0.1) is 10.2 Å². The van der Waals surface area contributed by atoms with E-state index in [9.17, 15) is 8.42 Å². The third kappa shape index (κ3) is 6.25. The first-order valence-corrected chi connectivity index (χ1v) is 12.0. The van der Waals surface area contributed by atoms with Crippen molar-refractivity contribution < 1.29 is 28.2 Å². The molecule has 34 heavy (non-hydrogen) atoms. The predicted octanol–water partition coefficient (Wildman–Crippen LogP) is 3.73. The zero-order chi connectivity index (χ0) is 24.9. The molecule has 0 unspecified atom stereocenters. The highest BCUT2D eigenvalue weighted by Crippen LogP contribution is 2.35. The fraction of sp³-hybridized carbons (Fsp3) is 0.0476. The number of halogens is 1. The Morgan fingerprint density at radius 2 is 1.68 bits per heavy atom. The molecule has 0 saturated carbocycles. The molecule has 4 aromatic rings. The number of hydrogen-bond acceptors (Lipinski definition) is 7. The molecule has 0 saturated heterocycles. The van der Waals surface area contributed by atoms with Crippen molar-refractivity contribution in [2.75, 3.05) is 4.72 Å². The SMILES string of the molecule is Cn1cnnc1Sc1ccc(Cl)cc1NS(=O)(=O)c1ccc2ccccc2c1.O=C(O)C(=O)O. The standard InChI is InChI=1S/C19H15ClN4O2S2.C2H2O4/c1-24-12-21-22-19(24)27-18-9-7-15(20)11-17(18)23-28(25,26)16-8-6-13-4-2-3-5-14(13)10-16;3-1(4)2(5)6/h2-12,23H,1H3;(H,3,4)(H,5,6). The highest BCUT2D eigenvalue weighted by atomic mass is 35.5. The average Bonchev–Trinajstić information content (AvgIpc) is 3.19. The van der Waals surface area contributed by atoms with Crippen LogP contribution in [0.5, 0.6) is 0 Å². The molecule has 3 aromatic carbocycles. The minimum absolute atomic E-state index is 0.181. The maximum absolute atomic E-state index is 13.0. The van der Waals surface area contributed by atoms with Crippen LogP contribution in [0.4, 0.5) is 5.69 Å². The Hall–Kier alpha value is -3.61. The van der Waals surface area contributed by atoms with Gasteiger partial charge in [0.15, 0.2) is 5.16 Å². The van der Waals surface area contributed by atoms with Crippen LogP contribution in [0.1, 0.15) is 0 Å². The van der Waals surface area contributed by atoms with Crippen molar-refractivity contribution in [1.29, 1.82) is 0 Å².